The van der Waals surface area contributed by atoms with E-state index < -0.39 is 12.0 Å². The highest BCUT2D eigenvalue weighted by Crippen LogP contribution is 2.32. The number of carbonyl (C=O) groups is 1. The molecule has 8 heteroatoms. The molecule has 0 bridgehead atoms. The summed E-state index contributed by atoms with van der Waals surface area (Å²) in [6.07, 6.45) is 5.44. The maximum Gasteiger partial charge on any atom is 0.223 e. The number of fused-ring (bicyclic) bond motifs is 1. The lowest BCUT2D eigenvalue weighted by molar-refractivity contribution is -0.117. The van der Waals surface area contributed by atoms with Crippen molar-refractivity contribution in [3.8, 4) is 22.5 Å². The summed E-state index contributed by atoms with van der Waals surface area (Å²) < 4.78 is 17.2. The van der Waals surface area contributed by atoms with Gasteiger partial charge in [-0.25, -0.2) is 14.4 Å². The number of pyridine rings is 1. The number of aryl methyl sites for hydroxylation is 1. The van der Waals surface area contributed by atoms with Crippen molar-refractivity contribution in [2.75, 3.05) is 0 Å². The number of aliphatic hydroxyl groups is 1. The predicted molar refractivity (Wildman–Crippen MR) is 111 cm³/mol. The van der Waals surface area contributed by atoms with E-state index in [2.05, 4.69) is 9.97 Å². The number of aromatic nitrogens is 4. The Morgan fingerprint density at radius 1 is 1.17 bits per heavy atom. The van der Waals surface area contributed by atoms with Crippen LogP contribution in [0.4, 0.5) is 4.39 Å². The first-order chi connectivity index (χ1) is 14.4. The van der Waals surface area contributed by atoms with Crippen molar-refractivity contribution in [3.63, 3.8) is 0 Å². The van der Waals surface area contributed by atoms with Crippen molar-refractivity contribution < 1.29 is 14.3 Å². The van der Waals surface area contributed by atoms with E-state index in [1.54, 1.807) is 31.6 Å². The van der Waals surface area contributed by atoms with E-state index >= 15 is 0 Å². The lowest BCUT2D eigenvalue weighted by atomic mass is 10.1. The van der Waals surface area contributed by atoms with E-state index in [1.807, 2.05) is 27.3 Å². The maximum atomic E-state index is 13.4. The van der Waals surface area contributed by atoms with Gasteiger partial charge >= 0.3 is 0 Å². The summed E-state index contributed by atoms with van der Waals surface area (Å²) in [5, 5.41) is 9.73. The van der Waals surface area contributed by atoms with Crippen LogP contribution in [-0.2, 0) is 17.8 Å². The summed E-state index contributed by atoms with van der Waals surface area (Å²) in [7, 11) is 0. The van der Waals surface area contributed by atoms with Crippen LogP contribution in [0.15, 0.2) is 55.1 Å². The average Bonchev–Trinajstić information content (AvgIpc) is 3.30. The number of carbonyl (C=O) groups excluding carboxylic acids is 1. The minimum Gasteiger partial charge on any atom is -0.393 e. The molecule has 3 heterocycles. The molecule has 7 nitrogen and oxygen atoms in total. The number of hydrogen-bond acceptors (Lipinski definition) is 4. The van der Waals surface area contributed by atoms with Crippen molar-refractivity contribution in [1.29, 1.82) is 0 Å². The van der Waals surface area contributed by atoms with Crippen LogP contribution in [0.1, 0.15) is 19.0 Å². The Kier molecular flexibility index (Phi) is 5.33. The van der Waals surface area contributed by atoms with E-state index in [0.717, 1.165) is 16.8 Å². The second kappa shape index (κ2) is 8.08. The molecule has 1 amide bonds. The highest BCUT2D eigenvalue weighted by atomic mass is 19.1. The van der Waals surface area contributed by atoms with Gasteiger partial charge in [-0.1, -0.05) is 0 Å². The smallest absolute Gasteiger partial charge is 0.223 e. The van der Waals surface area contributed by atoms with Gasteiger partial charge in [-0.3, -0.25) is 4.79 Å². The van der Waals surface area contributed by atoms with Crippen LogP contribution in [0.5, 0.6) is 0 Å². The zero-order valence-electron chi connectivity index (χ0n) is 16.5. The van der Waals surface area contributed by atoms with Gasteiger partial charge < -0.3 is 19.8 Å². The molecule has 0 saturated carbocycles. The Labute approximate surface area is 172 Å². The molecule has 154 valence electrons. The van der Waals surface area contributed by atoms with Gasteiger partial charge in [-0.05, 0) is 49.7 Å². The van der Waals surface area contributed by atoms with Crippen LogP contribution in [-0.4, -0.2) is 36.1 Å². The largest absolute Gasteiger partial charge is 0.393 e. The summed E-state index contributed by atoms with van der Waals surface area (Å²) in [4.78, 5) is 20.3. The van der Waals surface area contributed by atoms with Crippen molar-refractivity contribution in [2.45, 2.75) is 32.4 Å². The average molecular weight is 407 g/mol. The fourth-order valence-corrected chi connectivity index (χ4v) is 3.48. The van der Waals surface area contributed by atoms with Crippen molar-refractivity contribution in [1.82, 2.24) is 18.9 Å². The molecule has 0 spiro atoms. The van der Waals surface area contributed by atoms with Gasteiger partial charge in [-0.2, -0.15) is 0 Å². The first-order valence-corrected chi connectivity index (χ1v) is 9.66. The monoisotopic (exact) mass is 407 g/mol. The molecule has 30 heavy (non-hydrogen) atoms. The Balaban J connectivity index is 1.85. The van der Waals surface area contributed by atoms with Crippen LogP contribution >= 0.6 is 0 Å². The van der Waals surface area contributed by atoms with E-state index in [1.165, 1.54) is 12.1 Å². The normalized spacial score (nSPS) is 12.4. The molecule has 3 aromatic heterocycles. The lowest BCUT2D eigenvalue weighted by Gasteiger charge is -2.13. The summed E-state index contributed by atoms with van der Waals surface area (Å²) >= 11 is 0. The van der Waals surface area contributed by atoms with Gasteiger partial charge in [0.25, 0.3) is 0 Å². The standard InChI is InChI=1S/C22H22FN5O2/c1-14(29)8-9-27-13-26-21(15-2-5-17(23)6-3-15)22(27)16-4-7-20-25-11-18(10-19(24)30)28(20)12-16/h2-7,11-14,29H,8-10H2,1H3,(H2,24,30). The number of hydrogen-bond donors (Lipinski definition) is 2. The molecule has 1 aromatic carbocycles. The lowest BCUT2D eigenvalue weighted by Crippen LogP contribution is -2.14. The first kappa shape index (κ1) is 19.8. The number of aliphatic hydroxyl groups excluding tert-OH is 1. The maximum absolute atomic E-state index is 13.4. The van der Waals surface area contributed by atoms with Gasteiger partial charge in [0.05, 0.1) is 35.9 Å². The first-order valence-electron chi connectivity index (χ1n) is 9.66. The molecule has 4 rings (SSSR count). The molecule has 0 saturated heterocycles. The number of halogens is 1. The molecule has 0 radical (unpaired) electrons. The zero-order valence-corrected chi connectivity index (χ0v) is 16.5. The molecule has 0 aliphatic rings. The number of imidazole rings is 2. The molecule has 0 aliphatic carbocycles. The quantitative estimate of drug-likeness (QED) is 0.492. The van der Waals surface area contributed by atoms with E-state index in [9.17, 15) is 14.3 Å². The Hall–Kier alpha value is -3.52. The number of benzene rings is 1. The second-order valence-electron chi connectivity index (χ2n) is 7.32. The predicted octanol–water partition coefficient (Wildman–Crippen LogP) is 2.80. The topological polar surface area (TPSA) is 98.4 Å². The van der Waals surface area contributed by atoms with Crippen molar-refractivity contribution in [3.05, 3.63) is 66.6 Å². The number of nitrogens with two attached hydrogens (primary N) is 1. The Bertz CT molecular complexity index is 1190. The van der Waals surface area contributed by atoms with Crippen LogP contribution in [0.2, 0.25) is 0 Å². The zero-order chi connectivity index (χ0) is 21.3. The third-order valence-electron chi connectivity index (χ3n) is 4.95. The third kappa shape index (κ3) is 3.95. The van der Waals surface area contributed by atoms with Crippen molar-refractivity contribution in [2.24, 2.45) is 5.73 Å². The molecule has 0 fully saturated rings. The minimum absolute atomic E-state index is 0.0801. The number of primary amides is 1. The highest BCUT2D eigenvalue weighted by Gasteiger charge is 2.17. The molecule has 0 aliphatic heterocycles. The Morgan fingerprint density at radius 2 is 1.90 bits per heavy atom. The van der Waals surface area contributed by atoms with Crippen LogP contribution in [0, 0.1) is 5.82 Å². The van der Waals surface area contributed by atoms with Gasteiger partial charge in [0.2, 0.25) is 5.91 Å². The van der Waals surface area contributed by atoms with Crippen LogP contribution < -0.4 is 5.73 Å². The number of amides is 1. The van der Waals surface area contributed by atoms with E-state index in [0.29, 0.717) is 30.0 Å². The molecule has 1 atom stereocenters. The van der Waals surface area contributed by atoms with Crippen molar-refractivity contribution >= 4 is 11.6 Å². The minimum atomic E-state index is -0.451. The van der Waals surface area contributed by atoms with Crippen LogP contribution in [0.3, 0.4) is 0 Å². The Morgan fingerprint density at radius 3 is 2.60 bits per heavy atom. The van der Waals surface area contributed by atoms with Gasteiger partial charge in [0.1, 0.15) is 11.5 Å². The van der Waals surface area contributed by atoms with Gasteiger partial charge in [0, 0.05) is 30.1 Å². The fourth-order valence-electron chi connectivity index (χ4n) is 3.48. The molecular formula is C22H22FN5O2. The molecular weight excluding hydrogens is 385 g/mol. The highest BCUT2D eigenvalue weighted by molar-refractivity contribution is 5.79. The second-order valence-corrected chi connectivity index (χ2v) is 7.32. The summed E-state index contributed by atoms with van der Waals surface area (Å²) in [6, 6.07) is 9.97. The molecule has 1 unspecified atom stereocenters. The fraction of sp³-hybridized carbons (Fsp3) is 0.227. The van der Waals surface area contributed by atoms with E-state index in [-0.39, 0.29) is 12.2 Å². The number of rotatable bonds is 7. The van der Waals surface area contributed by atoms with E-state index in [4.69, 9.17) is 5.73 Å². The third-order valence-corrected chi connectivity index (χ3v) is 4.95. The summed E-state index contributed by atoms with van der Waals surface area (Å²) in [6.45, 7) is 2.31. The SMILES string of the molecule is CC(O)CCn1cnc(-c2ccc(F)cc2)c1-c1ccc2ncc(CC(N)=O)n2c1. The van der Waals surface area contributed by atoms with Gasteiger partial charge in [0.15, 0.2) is 0 Å². The van der Waals surface area contributed by atoms with Gasteiger partial charge in [-0.15, -0.1) is 0 Å². The number of nitrogens with zero attached hydrogens (tertiary/aromatic N) is 4. The molecule has 3 N–H and O–H groups in total. The van der Waals surface area contributed by atoms with Crippen LogP contribution in [0.25, 0.3) is 28.2 Å². The summed E-state index contributed by atoms with van der Waals surface area (Å²) in [5.74, 6) is -0.749. The molecule has 4 aromatic rings. The summed E-state index contributed by atoms with van der Waals surface area (Å²) in [5.41, 5.74) is 9.94.